The van der Waals surface area contributed by atoms with Crippen LogP contribution in [0.4, 0.5) is 0 Å². The Hall–Kier alpha value is -2.90. The van der Waals surface area contributed by atoms with E-state index in [-0.39, 0.29) is 0 Å². The summed E-state index contributed by atoms with van der Waals surface area (Å²) in [5.74, 6) is 1.33. The number of hydrogen-bond acceptors (Lipinski definition) is 1. The minimum absolute atomic E-state index is 0.296. The quantitative estimate of drug-likeness (QED) is 0.237. The highest BCUT2D eigenvalue weighted by atomic mass is 14.9. The second kappa shape index (κ2) is 8.82. The highest BCUT2D eigenvalue weighted by Crippen LogP contribution is 2.57. The lowest BCUT2D eigenvalue weighted by atomic mass is 9.49. The van der Waals surface area contributed by atoms with Crippen LogP contribution in [-0.4, -0.2) is 6.54 Å². The first-order valence-electron chi connectivity index (χ1n) is 14.9. The molecular formula is C37H41N. The van der Waals surface area contributed by atoms with E-state index in [1.54, 1.807) is 11.1 Å². The van der Waals surface area contributed by atoms with Crippen LogP contribution in [0, 0.1) is 11.3 Å². The Bertz CT molecular complexity index is 1630. The number of fused-ring (bicyclic) bond motifs is 3. The van der Waals surface area contributed by atoms with Crippen molar-refractivity contribution in [1.29, 1.82) is 0 Å². The zero-order chi connectivity index (χ0) is 26.1. The lowest BCUT2D eigenvalue weighted by Gasteiger charge is -2.55. The Morgan fingerprint density at radius 3 is 2.37 bits per heavy atom. The molecule has 7 rings (SSSR count). The van der Waals surface area contributed by atoms with Crippen LogP contribution < -0.4 is 5.32 Å². The molecule has 0 aliphatic heterocycles. The molecule has 0 aromatic heterocycles. The van der Waals surface area contributed by atoms with Crippen LogP contribution in [-0.2, 0) is 18.4 Å². The van der Waals surface area contributed by atoms with E-state index < -0.39 is 0 Å². The molecular weight excluding hydrogens is 458 g/mol. The minimum Gasteiger partial charge on any atom is -0.312 e. The minimum atomic E-state index is 0.296. The van der Waals surface area contributed by atoms with Crippen molar-refractivity contribution in [2.24, 2.45) is 11.3 Å². The Balaban J connectivity index is 1.16. The van der Waals surface area contributed by atoms with Crippen molar-refractivity contribution < 1.29 is 0 Å². The predicted octanol–water partition coefficient (Wildman–Crippen LogP) is 9.51. The van der Waals surface area contributed by atoms with Crippen LogP contribution in [0.1, 0.15) is 81.5 Å². The zero-order valence-corrected chi connectivity index (χ0v) is 23.5. The monoisotopic (exact) mass is 499 g/mol. The number of aryl methyl sites for hydroxylation is 1. The molecule has 1 saturated carbocycles. The summed E-state index contributed by atoms with van der Waals surface area (Å²) in [5, 5.41) is 12.3. The van der Waals surface area contributed by atoms with Crippen molar-refractivity contribution >= 4 is 32.3 Å². The molecule has 5 aromatic rings. The van der Waals surface area contributed by atoms with E-state index in [2.05, 4.69) is 106 Å². The average Bonchev–Trinajstić information content (AvgIpc) is 2.92. The average molecular weight is 500 g/mol. The highest BCUT2D eigenvalue weighted by Gasteiger charge is 2.51. The molecule has 38 heavy (non-hydrogen) atoms. The molecule has 2 aliphatic rings. The van der Waals surface area contributed by atoms with Gasteiger partial charge in [-0.1, -0.05) is 107 Å². The van der Waals surface area contributed by atoms with Gasteiger partial charge in [0.25, 0.3) is 0 Å². The summed E-state index contributed by atoms with van der Waals surface area (Å²) in [7, 11) is 0. The summed E-state index contributed by atoms with van der Waals surface area (Å²) in [4.78, 5) is 0. The van der Waals surface area contributed by atoms with Crippen LogP contribution in [0.15, 0.2) is 72.8 Å². The third kappa shape index (κ3) is 3.62. The number of hydrogen-bond donors (Lipinski definition) is 1. The topological polar surface area (TPSA) is 12.0 Å². The van der Waals surface area contributed by atoms with E-state index in [9.17, 15) is 0 Å². The number of nitrogens with one attached hydrogen (secondary N) is 1. The Labute approximate surface area is 228 Å². The summed E-state index contributed by atoms with van der Waals surface area (Å²) >= 11 is 0. The summed E-state index contributed by atoms with van der Waals surface area (Å²) in [6.45, 7) is 11.8. The standard InChI is InChI=1S/C37H41N/c1-24(2)28-14-17-32-29(21-28)15-18-33-36(3,19-6-20-37(32,33)4)23-38-22-30-12-11-27-10-9-25-7-5-8-26-13-16-31(30)35(27)34(25)26/h5,7-14,16-17,21,24,33,38H,6,15,18-20,22-23H2,1-4H3/t33-,36-,37+/m1/s1. The van der Waals surface area contributed by atoms with Gasteiger partial charge >= 0.3 is 0 Å². The van der Waals surface area contributed by atoms with E-state index in [0.717, 1.165) is 19.0 Å². The van der Waals surface area contributed by atoms with Crippen LogP contribution in [0.25, 0.3) is 32.3 Å². The molecule has 0 saturated heterocycles. The van der Waals surface area contributed by atoms with Gasteiger partial charge < -0.3 is 5.32 Å². The number of rotatable bonds is 5. The van der Waals surface area contributed by atoms with Crippen LogP contribution in [0.5, 0.6) is 0 Å². The molecule has 0 heterocycles. The van der Waals surface area contributed by atoms with Gasteiger partial charge in [0, 0.05) is 13.1 Å². The van der Waals surface area contributed by atoms with Gasteiger partial charge in [-0.2, -0.15) is 0 Å². The molecule has 5 aromatic carbocycles. The summed E-state index contributed by atoms with van der Waals surface area (Å²) in [6.07, 6.45) is 6.55. The second-order valence-corrected chi connectivity index (χ2v) is 13.3. The SMILES string of the molecule is CC(C)c1ccc2c(c1)CC[C@@H]1[C@@](C)(CNCc3ccc4ccc5cccc6ccc3c4c56)CCC[C@@]21C. The molecule has 1 nitrogen and oxygen atoms in total. The molecule has 3 atom stereocenters. The van der Waals surface area contributed by atoms with Gasteiger partial charge in [0.2, 0.25) is 0 Å². The van der Waals surface area contributed by atoms with E-state index >= 15 is 0 Å². The van der Waals surface area contributed by atoms with Gasteiger partial charge in [-0.05, 0) is 103 Å². The van der Waals surface area contributed by atoms with E-state index in [1.807, 2.05) is 0 Å². The first-order chi connectivity index (χ1) is 18.4. The van der Waals surface area contributed by atoms with E-state index in [1.165, 1.54) is 75.5 Å². The largest absolute Gasteiger partial charge is 0.312 e. The van der Waals surface area contributed by atoms with Crippen molar-refractivity contribution in [3.63, 3.8) is 0 Å². The molecule has 1 fully saturated rings. The van der Waals surface area contributed by atoms with Crippen molar-refractivity contribution in [3.8, 4) is 0 Å². The van der Waals surface area contributed by atoms with Gasteiger partial charge in [-0.25, -0.2) is 0 Å². The van der Waals surface area contributed by atoms with E-state index in [0.29, 0.717) is 16.7 Å². The van der Waals surface area contributed by atoms with Crippen molar-refractivity contribution in [2.75, 3.05) is 6.54 Å². The first-order valence-corrected chi connectivity index (χ1v) is 14.9. The summed E-state index contributed by atoms with van der Waals surface area (Å²) in [5.41, 5.74) is 6.82. The molecule has 2 aliphatic carbocycles. The van der Waals surface area contributed by atoms with Crippen molar-refractivity contribution in [1.82, 2.24) is 5.32 Å². The predicted molar refractivity (Wildman–Crippen MR) is 164 cm³/mol. The Morgan fingerprint density at radius 1 is 0.842 bits per heavy atom. The molecule has 1 N–H and O–H groups in total. The fraction of sp³-hybridized carbons (Fsp3) is 0.405. The maximum atomic E-state index is 3.98. The Morgan fingerprint density at radius 2 is 1.58 bits per heavy atom. The molecule has 0 unspecified atom stereocenters. The number of benzene rings is 5. The smallest absolute Gasteiger partial charge is 0.0211 e. The lowest BCUT2D eigenvalue weighted by Crippen LogP contribution is -2.52. The molecule has 1 heteroatoms. The molecule has 0 radical (unpaired) electrons. The lowest BCUT2D eigenvalue weighted by molar-refractivity contribution is 0.0257. The van der Waals surface area contributed by atoms with Gasteiger partial charge in [0.15, 0.2) is 0 Å². The van der Waals surface area contributed by atoms with Crippen molar-refractivity contribution in [2.45, 2.75) is 77.7 Å². The third-order valence-electron chi connectivity index (χ3n) is 10.6. The third-order valence-corrected chi connectivity index (χ3v) is 10.6. The maximum absolute atomic E-state index is 3.98. The van der Waals surface area contributed by atoms with Crippen LogP contribution >= 0.6 is 0 Å². The highest BCUT2D eigenvalue weighted by molar-refractivity contribution is 6.23. The van der Waals surface area contributed by atoms with E-state index in [4.69, 9.17) is 0 Å². The fourth-order valence-corrected chi connectivity index (χ4v) is 8.65. The van der Waals surface area contributed by atoms with Gasteiger partial charge in [-0.15, -0.1) is 0 Å². The molecule has 0 amide bonds. The van der Waals surface area contributed by atoms with Crippen LogP contribution in [0.2, 0.25) is 0 Å². The Kier molecular flexibility index (Phi) is 5.61. The van der Waals surface area contributed by atoms with Crippen molar-refractivity contribution in [3.05, 3.63) is 95.1 Å². The van der Waals surface area contributed by atoms with Crippen LogP contribution in [0.3, 0.4) is 0 Å². The zero-order valence-electron chi connectivity index (χ0n) is 23.5. The first kappa shape index (κ1) is 24.2. The maximum Gasteiger partial charge on any atom is 0.0211 e. The molecule has 0 spiro atoms. The van der Waals surface area contributed by atoms with Gasteiger partial charge in [0.05, 0.1) is 0 Å². The second-order valence-electron chi connectivity index (χ2n) is 13.3. The normalized spacial score (nSPS) is 25.3. The molecule has 194 valence electrons. The fourth-order valence-electron chi connectivity index (χ4n) is 8.65. The molecule has 0 bridgehead atoms. The summed E-state index contributed by atoms with van der Waals surface area (Å²) in [6, 6.07) is 28.0. The van der Waals surface area contributed by atoms with Gasteiger partial charge in [-0.3, -0.25) is 0 Å². The summed E-state index contributed by atoms with van der Waals surface area (Å²) < 4.78 is 0. The van der Waals surface area contributed by atoms with Gasteiger partial charge in [0.1, 0.15) is 0 Å².